The third-order valence-corrected chi connectivity index (χ3v) is 5.29. The maximum Gasteiger partial charge on any atom is 0.0619 e. The third kappa shape index (κ3) is 4.19. The Bertz CT molecular complexity index is 284. The van der Waals surface area contributed by atoms with Crippen LogP contribution >= 0.6 is 0 Å². The van der Waals surface area contributed by atoms with E-state index >= 15 is 0 Å². The van der Waals surface area contributed by atoms with Gasteiger partial charge in [0.15, 0.2) is 0 Å². The number of morpholine rings is 1. The van der Waals surface area contributed by atoms with Crippen LogP contribution in [-0.4, -0.2) is 49.8 Å². The van der Waals surface area contributed by atoms with E-state index < -0.39 is 0 Å². The second-order valence-electron chi connectivity index (χ2n) is 7.20. The molecule has 0 aromatic heterocycles. The Labute approximate surface area is 125 Å². The number of rotatable bonds is 5. The predicted octanol–water partition coefficient (Wildman–Crippen LogP) is 2.76. The van der Waals surface area contributed by atoms with Crippen LogP contribution in [-0.2, 0) is 4.74 Å². The van der Waals surface area contributed by atoms with Crippen molar-refractivity contribution in [2.24, 2.45) is 17.8 Å². The van der Waals surface area contributed by atoms with Crippen LogP contribution in [0.3, 0.4) is 0 Å². The summed E-state index contributed by atoms with van der Waals surface area (Å²) in [6.07, 6.45) is 3.99. The molecule has 0 bridgehead atoms. The summed E-state index contributed by atoms with van der Waals surface area (Å²) in [5.74, 6) is 2.51. The van der Waals surface area contributed by atoms with E-state index in [-0.39, 0.29) is 0 Å². The van der Waals surface area contributed by atoms with Gasteiger partial charge in [-0.3, -0.25) is 4.90 Å². The lowest BCUT2D eigenvalue weighted by molar-refractivity contribution is -0.0202. The van der Waals surface area contributed by atoms with Gasteiger partial charge >= 0.3 is 0 Å². The van der Waals surface area contributed by atoms with Gasteiger partial charge in [-0.15, -0.1) is 0 Å². The lowest BCUT2D eigenvalue weighted by Crippen LogP contribution is -2.53. The van der Waals surface area contributed by atoms with Gasteiger partial charge in [0.2, 0.25) is 0 Å². The standard InChI is InChI=1S/C17H34N2O/c1-5-6-18-17-10-13(2)9-14(3)16(17)11-19-7-8-20-12-15(19)4/h13-18H,5-12H2,1-4H3. The Morgan fingerprint density at radius 3 is 2.70 bits per heavy atom. The van der Waals surface area contributed by atoms with Crippen molar-refractivity contribution in [2.45, 2.75) is 59.0 Å². The molecule has 1 heterocycles. The van der Waals surface area contributed by atoms with Crippen molar-refractivity contribution >= 4 is 0 Å². The van der Waals surface area contributed by atoms with Crippen LogP contribution < -0.4 is 5.32 Å². The molecule has 0 aromatic rings. The predicted molar refractivity (Wildman–Crippen MR) is 85.0 cm³/mol. The van der Waals surface area contributed by atoms with Crippen molar-refractivity contribution in [1.29, 1.82) is 0 Å². The molecule has 3 heteroatoms. The quantitative estimate of drug-likeness (QED) is 0.839. The number of nitrogens with one attached hydrogen (secondary N) is 1. The Morgan fingerprint density at radius 2 is 2.00 bits per heavy atom. The van der Waals surface area contributed by atoms with Crippen molar-refractivity contribution in [3.8, 4) is 0 Å². The average molecular weight is 282 g/mol. The number of nitrogens with zero attached hydrogens (tertiary/aromatic N) is 1. The van der Waals surface area contributed by atoms with E-state index in [1.165, 1.54) is 32.4 Å². The summed E-state index contributed by atoms with van der Waals surface area (Å²) in [5.41, 5.74) is 0. The highest BCUT2D eigenvalue weighted by molar-refractivity contribution is 4.90. The summed E-state index contributed by atoms with van der Waals surface area (Å²) in [6, 6.07) is 1.30. The average Bonchev–Trinajstić information content (AvgIpc) is 2.41. The molecule has 0 aromatic carbocycles. The van der Waals surface area contributed by atoms with E-state index in [0.29, 0.717) is 12.1 Å². The summed E-state index contributed by atoms with van der Waals surface area (Å²) in [7, 11) is 0. The number of hydrogen-bond acceptors (Lipinski definition) is 3. The molecule has 1 saturated carbocycles. The van der Waals surface area contributed by atoms with Crippen LogP contribution in [0.5, 0.6) is 0 Å². The molecule has 1 saturated heterocycles. The van der Waals surface area contributed by atoms with Gasteiger partial charge in [-0.1, -0.05) is 20.8 Å². The monoisotopic (exact) mass is 282 g/mol. The molecule has 20 heavy (non-hydrogen) atoms. The maximum atomic E-state index is 5.58. The van der Waals surface area contributed by atoms with Crippen molar-refractivity contribution in [1.82, 2.24) is 10.2 Å². The van der Waals surface area contributed by atoms with E-state index in [0.717, 1.165) is 37.5 Å². The molecule has 0 radical (unpaired) electrons. The first-order valence-corrected chi connectivity index (χ1v) is 8.67. The molecule has 2 aliphatic rings. The van der Waals surface area contributed by atoms with Crippen molar-refractivity contribution in [3.05, 3.63) is 0 Å². The topological polar surface area (TPSA) is 24.5 Å². The van der Waals surface area contributed by atoms with Gasteiger partial charge in [0, 0.05) is 25.2 Å². The summed E-state index contributed by atoms with van der Waals surface area (Å²) in [6.45, 7) is 14.8. The minimum Gasteiger partial charge on any atom is -0.379 e. The molecule has 3 nitrogen and oxygen atoms in total. The van der Waals surface area contributed by atoms with E-state index in [1.807, 2.05) is 0 Å². The second-order valence-corrected chi connectivity index (χ2v) is 7.20. The minimum absolute atomic E-state index is 0.585. The molecule has 0 spiro atoms. The largest absolute Gasteiger partial charge is 0.379 e. The molecule has 5 unspecified atom stereocenters. The van der Waals surface area contributed by atoms with Gasteiger partial charge in [-0.2, -0.15) is 0 Å². The third-order valence-electron chi connectivity index (χ3n) is 5.29. The van der Waals surface area contributed by atoms with Crippen molar-refractivity contribution in [3.63, 3.8) is 0 Å². The van der Waals surface area contributed by atoms with Crippen LogP contribution in [0, 0.1) is 17.8 Å². The number of hydrogen-bond donors (Lipinski definition) is 1. The van der Waals surface area contributed by atoms with Gasteiger partial charge in [-0.25, -0.2) is 0 Å². The zero-order chi connectivity index (χ0) is 14.5. The van der Waals surface area contributed by atoms with E-state index in [4.69, 9.17) is 4.74 Å². The Balaban J connectivity index is 1.96. The highest BCUT2D eigenvalue weighted by atomic mass is 16.5. The summed E-state index contributed by atoms with van der Waals surface area (Å²) < 4.78 is 5.58. The summed E-state index contributed by atoms with van der Waals surface area (Å²) in [5, 5.41) is 3.83. The first-order valence-electron chi connectivity index (χ1n) is 8.67. The highest BCUT2D eigenvalue weighted by Gasteiger charge is 2.35. The Morgan fingerprint density at radius 1 is 1.20 bits per heavy atom. The van der Waals surface area contributed by atoms with Crippen molar-refractivity contribution in [2.75, 3.05) is 32.8 Å². The molecular weight excluding hydrogens is 248 g/mol. The maximum absolute atomic E-state index is 5.58. The number of ether oxygens (including phenoxy) is 1. The zero-order valence-electron chi connectivity index (χ0n) is 13.9. The van der Waals surface area contributed by atoms with Crippen LogP contribution in [0.25, 0.3) is 0 Å². The molecule has 0 amide bonds. The first-order chi connectivity index (χ1) is 9.61. The lowest BCUT2D eigenvalue weighted by atomic mass is 9.72. The van der Waals surface area contributed by atoms with Gasteiger partial charge in [0.25, 0.3) is 0 Å². The minimum atomic E-state index is 0.585. The van der Waals surface area contributed by atoms with Gasteiger partial charge in [0.1, 0.15) is 0 Å². The van der Waals surface area contributed by atoms with E-state index in [2.05, 4.69) is 37.9 Å². The molecule has 118 valence electrons. The lowest BCUT2D eigenvalue weighted by Gasteiger charge is -2.44. The second kappa shape index (κ2) is 7.77. The molecule has 1 aliphatic carbocycles. The molecule has 1 N–H and O–H groups in total. The fraction of sp³-hybridized carbons (Fsp3) is 1.00. The zero-order valence-corrected chi connectivity index (χ0v) is 13.9. The first kappa shape index (κ1) is 16.3. The van der Waals surface area contributed by atoms with Crippen LogP contribution in [0.15, 0.2) is 0 Å². The van der Waals surface area contributed by atoms with Gasteiger partial charge < -0.3 is 10.1 Å². The normalized spacial score (nSPS) is 39.9. The Kier molecular flexibility index (Phi) is 6.31. The summed E-state index contributed by atoms with van der Waals surface area (Å²) >= 11 is 0. The van der Waals surface area contributed by atoms with Crippen LogP contribution in [0.4, 0.5) is 0 Å². The molecule has 1 aliphatic heterocycles. The smallest absolute Gasteiger partial charge is 0.0619 e. The molecule has 2 fully saturated rings. The van der Waals surface area contributed by atoms with Crippen LogP contribution in [0.1, 0.15) is 47.0 Å². The van der Waals surface area contributed by atoms with Crippen molar-refractivity contribution < 1.29 is 4.74 Å². The van der Waals surface area contributed by atoms with Crippen LogP contribution in [0.2, 0.25) is 0 Å². The van der Waals surface area contributed by atoms with E-state index in [1.54, 1.807) is 0 Å². The Hall–Kier alpha value is -0.120. The fourth-order valence-electron chi connectivity index (χ4n) is 4.09. The van der Waals surface area contributed by atoms with E-state index in [9.17, 15) is 0 Å². The van der Waals surface area contributed by atoms with Gasteiger partial charge in [-0.05, 0) is 50.5 Å². The van der Waals surface area contributed by atoms with Gasteiger partial charge in [0.05, 0.1) is 13.2 Å². The highest BCUT2D eigenvalue weighted by Crippen LogP contribution is 2.34. The SMILES string of the molecule is CCCNC1CC(C)CC(C)C1CN1CCOCC1C. The molecule has 2 rings (SSSR count). The molecule has 5 atom stereocenters. The molecular formula is C17H34N2O. The summed E-state index contributed by atoms with van der Waals surface area (Å²) in [4.78, 5) is 2.65. The fourth-order valence-corrected chi connectivity index (χ4v) is 4.09.